The first-order valence-corrected chi connectivity index (χ1v) is 10.6. The number of fused-ring (bicyclic) bond motifs is 2. The number of hydrogen-bond acceptors (Lipinski definition) is 4. The average molecular weight is 358 g/mol. The molecule has 26 heavy (non-hydrogen) atoms. The predicted octanol–water partition coefficient (Wildman–Crippen LogP) is 2.39. The van der Waals surface area contributed by atoms with Crippen LogP contribution in [0.15, 0.2) is 24.3 Å². The summed E-state index contributed by atoms with van der Waals surface area (Å²) in [5, 5.41) is 15.0. The van der Waals surface area contributed by atoms with Crippen LogP contribution in [0.4, 0.5) is 0 Å². The van der Waals surface area contributed by atoms with Crippen LogP contribution in [0.3, 0.4) is 0 Å². The van der Waals surface area contributed by atoms with Crippen molar-refractivity contribution in [3.63, 3.8) is 0 Å². The summed E-state index contributed by atoms with van der Waals surface area (Å²) in [4.78, 5) is 5.19. The minimum absolute atomic E-state index is 0.0452. The van der Waals surface area contributed by atoms with E-state index in [2.05, 4.69) is 53.2 Å². The van der Waals surface area contributed by atoms with Gasteiger partial charge in [-0.25, -0.2) is 0 Å². The molecule has 2 fully saturated rings. The molecule has 4 nitrogen and oxygen atoms in total. The van der Waals surface area contributed by atoms with Crippen molar-refractivity contribution in [2.24, 2.45) is 5.92 Å². The molecule has 0 saturated carbocycles. The van der Waals surface area contributed by atoms with E-state index in [0.29, 0.717) is 0 Å². The quantitative estimate of drug-likeness (QED) is 0.871. The Balaban J connectivity index is 1.58. The van der Waals surface area contributed by atoms with Gasteiger partial charge in [0.1, 0.15) is 0 Å². The summed E-state index contributed by atoms with van der Waals surface area (Å²) in [5.41, 5.74) is 2.76. The van der Waals surface area contributed by atoms with E-state index in [-0.39, 0.29) is 17.6 Å². The Morgan fingerprint density at radius 3 is 2.65 bits per heavy atom. The highest BCUT2D eigenvalue weighted by atomic mass is 16.3. The van der Waals surface area contributed by atoms with Gasteiger partial charge in [0.05, 0.1) is 12.1 Å². The average Bonchev–Trinajstić information content (AvgIpc) is 2.79. The summed E-state index contributed by atoms with van der Waals surface area (Å²) in [5.74, 6) is 0.720. The van der Waals surface area contributed by atoms with E-state index < -0.39 is 0 Å². The van der Waals surface area contributed by atoms with Gasteiger partial charge in [-0.3, -0.25) is 4.90 Å². The second-order valence-corrected chi connectivity index (χ2v) is 8.97. The van der Waals surface area contributed by atoms with Gasteiger partial charge in [-0.2, -0.15) is 0 Å². The van der Waals surface area contributed by atoms with Crippen LogP contribution in [-0.4, -0.2) is 66.8 Å². The third-order valence-electron chi connectivity index (χ3n) is 6.82. The highest BCUT2D eigenvalue weighted by Gasteiger charge is 2.53. The fourth-order valence-corrected chi connectivity index (χ4v) is 5.64. The maximum Gasteiger partial charge on any atom is 0.0834 e. The minimum Gasteiger partial charge on any atom is -0.390 e. The van der Waals surface area contributed by atoms with Crippen LogP contribution in [0.25, 0.3) is 0 Å². The molecule has 4 rings (SSSR count). The maximum atomic E-state index is 11.6. The Morgan fingerprint density at radius 2 is 1.88 bits per heavy atom. The van der Waals surface area contributed by atoms with E-state index in [1.54, 1.807) is 0 Å². The van der Waals surface area contributed by atoms with Crippen molar-refractivity contribution in [2.45, 2.75) is 50.7 Å². The number of rotatable bonds is 3. The Bertz CT molecular complexity index is 611. The van der Waals surface area contributed by atoms with Crippen molar-refractivity contribution >= 4 is 0 Å². The van der Waals surface area contributed by atoms with Gasteiger partial charge in [-0.05, 0) is 55.9 Å². The van der Waals surface area contributed by atoms with Gasteiger partial charge in [-0.1, -0.05) is 38.1 Å². The van der Waals surface area contributed by atoms with Crippen LogP contribution in [0, 0.1) is 5.92 Å². The molecule has 2 N–H and O–H groups in total. The van der Waals surface area contributed by atoms with E-state index in [1.165, 1.54) is 30.6 Å². The molecule has 0 radical (unpaired) electrons. The first-order valence-electron chi connectivity index (χ1n) is 10.6. The number of hydrogen-bond donors (Lipinski definition) is 2. The van der Waals surface area contributed by atoms with Crippen LogP contribution < -0.4 is 5.32 Å². The molecule has 1 aromatic carbocycles. The Labute approximate surface area is 158 Å². The summed E-state index contributed by atoms with van der Waals surface area (Å²) in [6.07, 6.45) is 3.02. The zero-order valence-electron chi connectivity index (χ0n) is 16.5. The number of nitrogens with zero attached hydrogens (tertiary/aromatic N) is 2. The van der Waals surface area contributed by atoms with Gasteiger partial charge in [-0.15, -0.1) is 0 Å². The van der Waals surface area contributed by atoms with Crippen LogP contribution in [-0.2, 0) is 5.41 Å². The first kappa shape index (κ1) is 18.4. The van der Waals surface area contributed by atoms with Gasteiger partial charge in [0.2, 0.25) is 0 Å². The Kier molecular flexibility index (Phi) is 5.38. The summed E-state index contributed by atoms with van der Waals surface area (Å²) < 4.78 is 0. The van der Waals surface area contributed by atoms with Gasteiger partial charge < -0.3 is 15.3 Å². The number of aliphatic hydroxyl groups excluding tert-OH is 1. The van der Waals surface area contributed by atoms with Gasteiger partial charge in [0.25, 0.3) is 0 Å². The van der Waals surface area contributed by atoms with Crippen LogP contribution in [0.5, 0.6) is 0 Å². The summed E-state index contributed by atoms with van der Waals surface area (Å²) in [7, 11) is 0. The lowest BCUT2D eigenvalue weighted by Gasteiger charge is -2.40. The van der Waals surface area contributed by atoms with Crippen molar-refractivity contribution in [3.8, 4) is 0 Å². The van der Waals surface area contributed by atoms with Crippen molar-refractivity contribution in [3.05, 3.63) is 35.4 Å². The lowest BCUT2D eigenvalue weighted by molar-refractivity contribution is -0.000722. The zero-order valence-corrected chi connectivity index (χ0v) is 16.5. The molecule has 2 atom stereocenters. The topological polar surface area (TPSA) is 38.7 Å². The molecule has 3 aliphatic rings. The van der Waals surface area contributed by atoms with E-state index in [9.17, 15) is 5.11 Å². The molecule has 144 valence electrons. The van der Waals surface area contributed by atoms with Crippen molar-refractivity contribution < 1.29 is 5.11 Å². The van der Waals surface area contributed by atoms with Crippen molar-refractivity contribution in [2.75, 3.05) is 45.8 Å². The molecule has 2 heterocycles. The van der Waals surface area contributed by atoms with Crippen LogP contribution >= 0.6 is 0 Å². The van der Waals surface area contributed by atoms with E-state index in [0.717, 1.165) is 51.5 Å². The number of benzene rings is 1. The number of piperidine rings is 1. The molecule has 1 spiro atoms. The molecule has 0 amide bonds. The number of nitrogens with one attached hydrogen (secondary N) is 1. The van der Waals surface area contributed by atoms with Gasteiger partial charge >= 0.3 is 0 Å². The van der Waals surface area contributed by atoms with Crippen LogP contribution in [0.1, 0.15) is 50.3 Å². The van der Waals surface area contributed by atoms with Crippen LogP contribution in [0.2, 0.25) is 0 Å². The second kappa shape index (κ2) is 7.59. The molecule has 2 saturated heterocycles. The van der Waals surface area contributed by atoms with E-state index in [1.807, 2.05) is 0 Å². The third kappa shape index (κ3) is 3.22. The maximum absolute atomic E-state index is 11.6. The Morgan fingerprint density at radius 1 is 1.12 bits per heavy atom. The fourth-order valence-electron chi connectivity index (χ4n) is 5.64. The third-order valence-corrected chi connectivity index (χ3v) is 6.82. The highest BCUT2D eigenvalue weighted by molar-refractivity contribution is 5.45. The molecule has 4 heteroatoms. The summed E-state index contributed by atoms with van der Waals surface area (Å²) in [6, 6.07) is 9.04. The molecular weight excluding hydrogens is 322 g/mol. The van der Waals surface area contributed by atoms with Gasteiger partial charge in [0.15, 0.2) is 0 Å². The zero-order chi connectivity index (χ0) is 18.1. The van der Waals surface area contributed by atoms with E-state index in [4.69, 9.17) is 0 Å². The fraction of sp³-hybridized carbons (Fsp3) is 0.727. The smallest absolute Gasteiger partial charge is 0.0834 e. The minimum atomic E-state index is -0.279. The molecule has 1 aliphatic carbocycles. The predicted molar refractivity (Wildman–Crippen MR) is 106 cm³/mol. The normalized spacial score (nSPS) is 29.8. The molecule has 1 aromatic rings. The van der Waals surface area contributed by atoms with Gasteiger partial charge in [0, 0.05) is 31.6 Å². The molecule has 0 bridgehead atoms. The lowest BCUT2D eigenvalue weighted by atomic mass is 9.72. The van der Waals surface area contributed by atoms with Crippen molar-refractivity contribution in [1.29, 1.82) is 0 Å². The highest BCUT2D eigenvalue weighted by Crippen LogP contribution is 2.52. The summed E-state index contributed by atoms with van der Waals surface area (Å²) in [6.45, 7) is 12.3. The summed E-state index contributed by atoms with van der Waals surface area (Å²) >= 11 is 0. The molecule has 0 aromatic heterocycles. The monoisotopic (exact) mass is 357 g/mol. The largest absolute Gasteiger partial charge is 0.390 e. The lowest BCUT2D eigenvalue weighted by Crippen LogP contribution is -2.49. The molecule has 0 unspecified atom stereocenters. The molecular formula is C22H35N3O. The van der Waals surface area contributed by atoms with E-state index >= 15 is 0 Å². The second-order valence-electron chi connectivity index (χ2n) is 8.97. The Hall–Kier alpha value is -0.940. The van der Waals surface area contributed by atoms with Crippen molar-refractivity contribution in [1.82, 2.24) is 15.1 Å². The first-order chi connectivity index (χ1) is 12.6. The molecule has 2 aliphatic heterocycles. The standard InChI is InChI=1S/C22H35N3O/c1-17(2)16-24-12-5-13-25(15-14-24)20-18-6-3-4-7-19(18)22(21(20)26)8-10-23-11-9-22/h3-4,6-7,17,20-21,23,26H,5,8-16H2,1-2H3/t20-,21+/m1/s1. The SMILES string of the molecule is CC(C)CN1CCCN([C@@H]2c3ccccc3C3(CCNCC3)[C@H]2O)CC1. The number of aliphatic hydroxyl groups is 1.